The van der Waals surface area contributed by atoms with Gasteiger partial charge in [-0.2, -0.15) is 15.0 Å². The molecular weight excluding hydrogens is 380 g/mol. The molecule has 30 heavy (non-hydrogen) atoms. The summed E-state index contributed by atoms with van der Waals surface area (Å²) in [7, 11) is 0. The quantitative estimate of drug-likeness (QED) is 0.813. The third-order valence-electron chi connectivity index (χ3n) is 6.18. The van der Waals surface area contributed by atoms with E-state index in [1.165, 1.54) is 17.6 Å². The Hall–Kier alpha value is -2.48. The second-order valence-electron chi connectivity index (χ2n) is 8.40. The fourth-order valence-electron chi connectivity index (χ4n) is 4.55. The summed E-state index contributed by atoms with van der Waals surface area (Å²) in [6.45, 7) is 4.28. The SMILES string of the molecule is O=C1CC2CCCCN2CCCN(C(=O)Cn2nc3ccccc3n2)CCCCN1. The average molecular weight is 413 g/mol. The number of fused-ring (bicyclic) bond motifs is 2. The Morgan fingerprint density at radius 1 is 0.967 bits per heavy atom. The zero-order valence-corrected chi connectivity index (χ0v) is 17.6. The zero-order valence-electron chi connectivity index (χ0n) is 17.6. The number of nitrogens with one attached hydrogen (secondary N) is 1. The predicted octanol–water partition coefficient (Wildman–Crippen LogP) is 1.80. The van der Waals surface area contributed by atoms with Crippen molar-refractivity contribution in [1.82, 2.24) is 30.1 Å². The molecule has 2 aromatic rings. The van der Waals surface area contributed by atoms with Crippen LogP contribution in [-0.4, -0.2) is 75.4 Å². The topological polar surface area (TPSA) is 83.4 Å². The van der Waals surface area contributed by atoms with E-state index in [-0.39, 0.29) is 18.4 Å². The smallest absolute Gasteiger partial charge is 0.246 e. The summed E-state index contributed by atoms with van der Waals surface area (Å²) in [5, 5.41) is 11.9. The molecule has 8 heteroatoms. The first kappa shape index (κ1) is 20.8. The monoisotopic (exact) mass is 412 g/mol. The summed E-state index contributed by atoms with van der Waals surface area (Å²) < 4.78 is 0. The van der Waals surface area contributed by atoms with E-state index in [4.69, 9.17) is 0 Å². The Kier molecular flexibility index (Phi) is 6.94. The second-order valence-corrected chi connectivity index (χ2v) is 8.40. The third kappa shape index (κ3) is 5.36. The normalized spacial score (nSPS) is 22.5. The van der Waals surface area contributed by atoms with Crippen LogP contribution >= 0.6 is 0 Å². The van der Waals surface area contributed by atoms with Crippen molar-refractivity contribution in [3.63, 3.8) is 0 Å². The third-order valence-corrected chi connectivity index (χ3v) is 6.18. The molecule has 1 unspecified atom stereocenters. The molecule has 2 aliphatic heterocycles. The molecule has 0 aliphatic carbocycles. The highest BCUT2D eigenvalue weighted by molar-refractivity contribution is 5.77. The van der Waals surface area contributed by atoms with Gasteiger partial charge >= 0.3 is 0 Å². The molecule has 2 fully saturated rings. The summed E-state index contributed by atoms with van der Waals surface area (Å²) in [5.74, 6) is 0.223. The van der Waals surface area contributed by atoms with Crippen LogP contribution < -0.4 is 5.32 Å². The van der Waals surface area contributed by atoms with E-state index in [1.54, 1.807) is 0 Å². The van der Waals surface area contributed by atoms with Crippen LogP contribution in [0.15, 0.2) is 24.3 Å². The minimum absolute atomic E-state index is 0.0596. The van der Waals surface area contributed by atoms with Crippen molar-refractivity contribution in [3.8, 4) is 0 Å². The number of hydrogen-bond donors (Lipinski definition) is 1. The highest BCUT2D eigenvalue weighted by Gasteiger charge is 2.25. The molecule has 3 heterocycles. The molecule has 1 atom stereocenters. The lowest BCUT2D eigenvalue weighted by molar-refractivity contribution is -0.132. The lowest BCUT2D eigenvalue weighted by Gasteiger charge is -2.35. The first-order valence-corrected chi connectivity index (χ1v) is 11.3. The number of carbonyl (C=O) groups excluding carboxylic acids is 2. The molecule has 1 aromatic carbocycles. The molecule has 4 rings (SSSR count). The molecule has 0 saturated carbocycles. The number of aromatic nitrogens is 3. The van der Waals surface area contributed by atoms with Crippen molar-refractivity contribution in [1.29, 1.82) is 0 Å². The number of piperidine rings is 1. The van der Waals surface area contributed by atoms with Gasteiger partial charge in [0.2, 0.25) is 11.8 Å². The van der Waals surface area contributed by atoms with Gasteiger partial charge < -0.3 is 10.2 Å². The number of rotatable bonds is 2. The van der Waals surface area contributed by atoms with Crippen molar-refractivity contribution in [3.05, 3.63) is 24.3 Å². The van der Waals surface area contributed by atoms with Crippen LogP contribution in [0.5, 0.6) is 0 Å². The molecule has 2 aliphatic rings. The highest BCUT2D eigenvalue weighted by atomic mass is 16.2. The van der Waals surface area contributed by atoms with E-state index in [1.807, 2.05) is 29.2 Å². The molecule has 2 amide bonds. The van der Waals surface area contributed by atoms with Crippen LogP contribution in [0, 0.1) is 0 Å². The maximum absolute atomic E-state index is 13.0. The summed E-state index contributed by atoms with van der Waals surface area (Å²) in [4.78, 5) is 31.2. The van der Waals surface area contributed by atoms with Crippen molar-refractivity contribution in [2.24, 2.45) is 0 Å². The Labute approximate surface area is 177 Å². The van der Waals surface area contributed by atoms with Crippen LogP contribution in [0.25, 0.3) is 11.0 Å². The number of nitrogens with zero attached hydrogens (tertiary/aromatic N) is 5. The van der Waals surface area contributed by atoms with E-state index in [0.29, 0.717) is 25.6 Å². The van der Waals surface area contributed by atoms with Gasteiger partial charge in [-0.05, 0) is 50.8 Å². The lowest BCUT2D eigenvalue weighted by Crippen LogP contribution is -2.44. The van der Waals surface area contributed by atoms with E-state index in [0.717, 1.165) is 56.4 Å². The lowest BCUT2D eigenvalue weighted by atomic mass is 9.98. The summed E-state index contributed by atoms with van der Waals surface area (Å²) in [6, 6.07) is 8.01. The van der Waals surface area contributed by atoms with Gasteiger partial charge in [-0.15, -0.1) is 0 Å². The molecule has 0 radical (unpaired) electrons. The van der Waals surface area contributed by atoms with E-state index in [9.17, 15) is 9.59 Å². The minimum atomic E-state index is 0.0596. The van der Waals surface area contributed by atoms with Crippen molar-refractivity contribution in [2.45, 2.75) is 57.5 Å². The molecule has 2 saturated heterocycles. The van der Waals surface area contributed by atoms with Gasteiger partial charge in [0, 0.05) is 38.6 Å². The van der Waals surface area contributed by atoms with E-state index < -0.39 is 0 Å². The molecule has 162 valence electrons. The van der Waals surface area contributed by atoms with Crippen molar-refractivity contribution in [2.75, 3.05) is 32.7 Å². The number of carbonyl (C=O) groups is 2. The van der Waals surface area contributed by atoms with Crippen LogP contribution in [0.3, 0.4) is 0 Å². The predicted molar refractivity (Wildman–Crippen MR) is 115 cm³/mol. The molecule has 0 spiro atoms. The fraction of sp³-hybridized carbons (Fsp3) is 0.636. The van der Waals surface area contributed by atoms with Gasteiger partial charge in [-0.3, -0.25) is 14.5 Å². The van der Waals surface area contributed by atoms with Crippen molar-refractivity contribution >= 4 is 22.8 Å². The van der Waals surface area contributed by atoms with Crippen LogP contribution in [0.1, 0.15) is 44.9 Å². The number of amides is 2. The standard InChI is InChI=1S/C22H32N6O2/c29-21-16-18-8-3-5-12-26(18)14-7-15-27(13-6-4-11-23-21)22(30)17-28-24-19-9-1-2-10-20(19)25-28/h1-2,9-10,18H,3-8,11-17H2,(H,23,29). The van der Waals surface area contributed by atoms with Gasteiger partial charge in [0.15, 0.2) is 0 Å². The fourth-order valence-corrected chi connectivity index (χ4v) is 4.55. The zero-order chi connectivity index (χ0) is 20.8. The van der Waals surface area contributed by atoms with E-state index >= 15 is 0 Å². The largest absolute Gasteiger partial charge is 0.356 e. The number of benzene rings is 1. The summed E-state index contributed by atoms with van der Waals surface area (Å²) >= 11 is 0. The molecule has 1 aromatic heterocycles. The Balaban J connectivity index is 1.39. The number of hydrogen-bond acceptors (Lipinski definition) is 5. The van der Waals surface area contributed by atoms with Gasteiger partial charge in [-0.25, -0.2) is 0 Å². The Morgan fingerprint density at radius 2 is 1.67 bits per heavy atom. The van der Waals surface area contributed by atoms with E-state index in [2.05, 4.69) is 20.4 Å². The van der Waals surface area contributed by atoms with Crippen LogP contribution in [0.2, 0.25) is 0 Å². The molecule has 8 nitrogen and oxygen atoms in total. The average Bonchev–Trinajstić information content (AvgIpc) is 3.15. The highest BCUT2D eigenvalue weighted by Crippen LogP contribution is 2.20. The maximum atomic E-state index is 13.0. The molecular formula is C22H32N6O2. The van der Waals surface area contributed by atoms with Gasteiger partial charge in [-0.1, -0.05) is 18.6 Å². The Bertz CT molecular complexity index is 833. The van der Waals surface area contributed by atoms with Crippen molar-refractivity contribution < 1.29 is 9.59 Å². The minimum Gasteiger partial charge on any atom is -0.356 e. The van der Waals surface area contributed by atoms with Crippen LogP contribution in [-0.2, 0) is 16.1 Å². The first-order chi connectivity index (χ1) is 14.7. The second kappa shape index (κ2) is 10.0. The first-order valence-electron chi connectivity index (χ1n) is 11.3. The molecule has 0 bridgehead atoms. The van der Waals surface area contributed by atoms with Crippen LogP contribution in [0.4, 0.5) is 0 Å². The van der Waals surface area contributed by atoms with Gasteiger partial charge in [0.1, 0.15) is 17.6 Å². The Morgan fingerprint density at radius 3 is 2.47 bits per heavy atom. The maximum Gasteiger partial charge on any atom is 0.246 e. The molecule has 1 N–H and O–H groups in total. The summed E-state index contributed by atoms with van der Waals surface area (Å²) in [6.07, 6.45) is 6.78. The van der Waals surface area contributed by atoms with Gasteiger partial charge in [0.05, 0.1) is 0 Å². The summed E-state index contributed by atoms with van der Waals surface area (Å²) in [5.41, 5.74) is 1.62. The van der Waals surface area contributed by atoms with Gasteiger partial charge in [0.25, 0.3) is 0 Å².